The van der Waals surface area contributed by atoms with Crippen molar-refractivity contribution in [2.45, 2.75) is 69.9 Å². The Labute approximate surface area is 170 Å². The largest absolute Gasteiger partial charge is 0.341 e. The molecule has 1 atom stereocenters. The summed E-state index contributed by atoms with van der Waals surface area (Å²) in [6.07, 6.45) is 8.82. The van der Waals surface area contributed by atoms with Crippen LogP contribution in [0.25, 0.3) is 0 Å². The van der Waals surface area contributed by atoms with Gasteiger partial charge in [0, 0.05) is 25.1 Å². The van der Waals surface area contributed by atoms with Crippen LogP contribution in [0.2, 0.25) is 0 Å². The molecule has 0 spiro atoms. The van der Waals surface area contributed by atoms with Gasteiger partial charge in [-0.3, -0.25) is 10.00 Å². The van der Waals surface area contributed by atoms with Crippen molar-refractivity contribution < 1.29 is 9.32 Å². The maximum atomic E-state index is 11.6. The lowest BCUT2D eigenvalue weighted by atomic mass is 9.62. The Morgan fingerprint density at radius 3 is 2.83 bits per heavy atom. The van der Waals surface area contributed by atoms with Crippen LogP contribution in [-0.2, 0) is 12.0 Å². The third kappa shape index (κ3) is 3.16. The molecule has 2 amide bonds. The lowest BCUT2D eigenvalue weighted by Gasteiger charge is -2.43. The van der Waals surface area contributed by atoms with E-state index in [0.717, 1.165) is 24.0 Å². The molecule has 2 fully saturated rings. The first kappa shape index (κ1) is 18.4. The normalized spacial score (nSPS) is 28.7. The maximum Gasteiger partial charge on any atom is 0.324 e. The molecular weight excluding hydrogens is 370 g/mol. The summed E-state index contributed by atoms with van der Waals surface area (Å²) in [5, 5.41) is 14.2. The highest BCUT2D eigenvalue weighted by Gasteiger charge is 2.44. The number of hydrogen-bond acceptors (Lipinski definition) is 6. The van der Waals surface area contributed by atoms with E-state index in [0.29, 0.717) is 18.4 Å². The van der Waals surface area contributed by atoms with Crippen LogP contribution in [0.1, 0.15) is 69.4 Å². The van der Waals surface area contributed by atoms with E-state index in [1.807, 2.05) is 10.7 Å². The van der Waals surface area contributed by atoms with E-state index < -0.39 is 0 Å². The molecule has 2 bridgehead atoms. The molecule has 0 radical (unpaired) electrons. The summed E-state index contributed by atoms with van der Waals surface area (Å²) >= 11 is 0. The Kier molecular flexibility index (Phi) is 4.48. The number of carbonyl (C=O) groups is 1. The first-order valence-corrected chi connectivity index (χ1v) is 10.8. The van der Waals surface area contributed by atoms with Gasteiger partial charge < -0.3 is 14.7 Å². The zero-order valence-electron chi connectivity index (χ0n) is 17.1. The number of urea groups is 1. The molecule has 2 N–H and O–H groups in total. The number of amides is 2. The van der Waals surface area contributed by atoms with Crippen LogP contribution in [0, 0.1) is 5.92 Å². The van der Waals surface area contributed by atoms with Crippen molar-refractivity contribution in [3.8, 4) is 0 Å². The molecule has 2 aromatic rings. The minimum absolute atomic E-state index is 0.0350. The number of aromatic nitrogens is 4. The van der Waals surface area contributed by atoms with E-state index in [-0.39, 0.29) is 17.5 Å². The minimum atomic E-state index is -0.274. The van der Waals surface area contributed by atoms with Crippen LogP contribution in [0.4, 0.5) is 16.6 Å². The lowest BCUT2D eigenvalue weighted by molar-refractivity contribution is 0.138. The molecule has 2 saturated carbocycles. The molecule has 1 unspecified atom stereocenters. The summed E-state index contributed by atoms with van der Waals surface area (Å²) in [4.78, 5) is 18.6. The fraction of sp³-hybridized carbons (Fsp3) is 0.700. The van der Waals surface area contributed by atoms with Gasteiger partial charge in [-0.2, -0.15) is 10.1 Å². The van der Waals surface area contributed by atoms with Gasteiger partial charge in [0.25, 0.3) is 0 Å². The van der Waals surface area contributed by atoms with E-state index >= 15 is 0 Å². The highest BCUT2D eigenvalue weighted by Crippen LogP contribution is 2.50. The molecule has 3 heterocycles. The minimum Gasteiger partial charge on any atom is -0.341 e. The molecule has 3 aliphatic rings. The Morgan fingerprint density at radius 2 is 2.07 bits per heavy atom. The van der Waals surface area contributed by atoms with Gasteiger partial charge in [0.15, 0.2) is 11.6 Å². The van der Waals surface area contributed by atoms with Crippen molar-refractivity contribution in [1.82, 2.24) is 25.2 Å². The Hall–Kier alpha value is -2.58. The van der Waals surface area contributed by atoms with Crippen molar-refractivity contribution in [3.05, 3.63) is 17.6 Å². The monoisotopic (exact) mass is 399 g/mol. The molecule has 1 aliphatic heterocycles. The van der Waals surface area contributed by atoms with Crippen LogP contribution in [0.5, 0.6) is 0 Å². The molecule has 29 heavy (non-hydrogen) atoms. The second-order valence-electron chi connectivity index (χ2n) is 8.79. The Bertz CT molecular complexity index is 895. The van der Waals surface area contributed by atoms with Gasteiger partial charge in [-0.1, -0.05) is 30.8 Å². The number of fused-ring (bicyclic) bond motifs is 3. The van der Waals surface area contributed by atoms with Gasteiger partial charge in [-0.15, -0.1) is 0 Å². The molecule has 9 heteroatoms. The van der Waals surface area contributed by atoms with Gasteiger partial charge in [-0.25, -0.2) is 4.79 Å². The van der Waals surface area contributed by atoms with Crippen molar-refractivity contribution >= 4 is 17.9 Å². The molecule has 5 rings (SSSR count). The van der Waals surface area contributed by atoms with Gasteiger partial charge >= 0.3 is 12.0 Å². The van der Waals surface area contributed by atoms with Crippen molar-refractivity contribution in [1.29, 1.82) is 0 Å². The van der Waals surface area contributed by atoms with E-state index in [4.69, 9.17) is 9.51 Å². The third-order valence-electron chi connectivity index (χ3n) is 7.08. The van der Waals surface area contributed by atoms with E-state index in [2.05, 4.69) is 32.7 Å². The van der Waals surface area contributed by atoms with Gasteiger partial charge in [0.2, 0.25) is 0 Å². The topological polar surface area (TPSA) is 101 Å². The summed E-state index contributed by atoms with van der Waals surface area (Å²) in [6.45, 7) is 3.56. The standard InChI is InChI=1S/C20H29N7O2/c1-13-15-11-16(22-18(28)21-2)24-27(15)10-9-26(13)19-23-17(25-29-19)20-7-3-5-14(12-20)6-4-8-20/h11,13-14H,3-10,12H2,1-2H3,(H2,21,22,24,28). The number of hydrogen-bond donors (Lipinski definition) is 2. The lowest BCUT2D eigenvalue weighted by Crippen LogP contribution is -2.38. The van der Waals surface area contributed by atoms with Crippen LogP contribution < -0.4 is 15.5 Å². The fourth-order valence-electron chi connectivity index (χ4n) is 5.55. The third-order valence-corrected chi connectivity index (χ3v) is 7.08. The fourth-order valence-corrected chi connectivity index (χ4v) is 5.55. The summed E-state index contributed by atoms with van der Waals surface area (Å²) < 4.78 is 7.71. The number of anilines is 2. The van der Waals surface area contributed by atoms with Crippen LogP contribution in [0.15, 0.2) is 10.6 Å². The molecule has 0 saturated heterocycles. The Morgan fingerprint density at radius 1 is 1.28 bits per heavy atom. The highest BCUT2D eigenvalue weighted by molar-refractivity contribution is 5.87. The van der Waals surface area contributed by atoms with Gasteiger partial charge in [0.05, 0.1) is 18.3 Å². The molecule has 0 aromatic carbocycles. The zero-order valence-corrected chi connectivity index (χ0v) is 17.1. The number of rotatable bonds is 3. The molecule has 156 valence electrons. The van der Waals surface area contributed by atoms with Crippen molar-refractivity contribution in [3.63, 3.8) is 0 Å². The Balaban J connectivity index is 1.37. The quantitative estimate of drug-likeness (QED) is 0.822. The SMILES string of the molecule is CNC(=O)Nc1cc2n(n1)CCN(c1nc(C34CCCC(CCC3)C4)no1)C2C. The predicted molar refractivity (Wildman–Crippen MR) is 108 cm³/mol. The van der Waals surface area contributed by atoms with Crippen LogP contribution >= 0.6 is 0 Å². The average Bonchev–Trinajstić information content (AvgIpc) is 3.36. The highest BCUT2D eigenvalue weighted by atomic mass is 16.5. The summed E-state index contributed by atoms with van der Waals surface area (Å²) in [7, 11) is 1.59. The van der Waals surface area contributed by atoms with Crippen LogP contribution in [-0.4, -0.2) is 39.5 Å². The van der Waals surface area contributed by atoms with Crippen molar-refractivity contribution in [2.75, 3.05) is 23.8 Å². The summed E-state index contributed by atoms with van der Waals surface area (Å²) in [6, 6.07) is 2.27. The summed E-state index contributed by atoms with van der Waals surface area (Å²) in [5.41, 5.74) is 1.14. The molecule has 2 aromatic heterocycles. The first-order chi connectivity index (χ1) is 14.1. The predicted octanol–water partition coefficient (Wildman–Crippen LogP) is 3.21. The number of nitrogens with one attached hydrogen (secondary N) is 2. The summed E-state index contributed by atoms with van der Waals surface area (Å²) in [5.74, 6) is 2.28. The van der Waals surface area contributed by atoms with Gasteiger partial charge in [-0.05, 0) is 32.1 Å². The molecular formula is C20H29N7O2. The second kappa shape index (κ2) is 7.03. The smallest absolute Gasteiger partial charge is 0.324 e. The second-order valence-corrected chi connectivity index (χ2v) is 8.79. The number of nitrogens with zero attached hydrogens (tertiary/aromatic N) is 5. The average molecular weight is 399 g/mol. The van der Waals surface area contributed by atoms with E-state index in [9.17, 15) is 4.79 Å². The van der Waals surface area contributed by atoms with Crippen molar-refractivity contribution in [2.24, 2.45) is 5.92 Å². The first-order valence-electron chi connectivity index (χ1n) is 10.8. The van der Waals surface area contributed by atoms with Crippen LogP contribution in [0.3, 0.4) is 0 Å². The molecule has 2 aliphatic carbocycles. The van der Waals surface area contributed by atoms with E-state index in [1.54, 1.807) is 7.05 Å². The number of carbonyl (C=O) groups excluding carboxylic acids is 1. The van der Waals surface area contributed by atoms with E-state index in [1.165, 1.54) is 44.9 Å². The molecule has 9 nitrogen and oxygen atoms in total. The maximum absolute atomic E-state index is 11.6. The zero-order chi connectivity index (χ0) is 20.0. The van der Waals surface area contributed by atoms with Gasteiger partial charge in [0.1, 0.15) is 0 Å².